The molecule has 1 atom stereocenters. The van der Waals surface area contributed by atoms with Gasteiger partial charge in [0.1, 0.15) is 11.2 Å². The fourth-order valence-electron chi connectivity index (χ4n) is 9.30. The zero-order valence-electron chi connectivity index (χ0n) is 32.1. The minimum atomic E-state index is 0.146. The Kier molecular flexibility index (Phi) is 7.86. The summed E-state index contributed by atoms with van der Waals surface area (Å²) in [5.74, 6) is 0.146. The minimum absolute atomic E-state index is 0.146. The molecule has 1 aliphatic rings. The zero-order chi connectivity index (χ0) is 38.9. The molecular weight excluding hydrogens is 733 g/mol. The average Bonchev–Trinajstić information content (AvgIpc) is 3.97. The molecule has 0 fully saturated rings. The number of hydrogen-bond acceptors (Lipinski definition) is 2. The molecule has 11 aromatic rings. The highest BCUT2D eigenvalue weighted by Crippen LogP contribution is 2.50. The average molecular weight is 769 g/mol. The summed E-state index contributed by atoms with van der Waals surface area (Å²) in [6, 6.07) is 75.3. The molecule has 59 heavy (non-hydrogen) atoms. The predicted octanol–water partition coefficient (Wildman–Crippen LogP) is 16.0. The topological polar surface area (TPSA) is 13.1 Å². The maximum Gasteiger partial charge on any atom is 0.135 e. The van der Waals surface area contributed by atoms with Gasteiger partial charge in [0.2, 0.25) is 0 Å². The number of thiophene rings is 1. The molecule has 2 heteroatoms. The van der Waals surface area contributed by atoms with Crippen LogP contribution in [0.4, 0.5) is 0 Å². The maximum absolute atomic E-state index is 6.34. The number of benzene rings is 9. The maximum atomic E-state index is 6.34. The van der Waals surface area contributed by atoms with Crippen LogP contribution >= 0.6 is 11.3 Å². The van der Waals surface area contributed by atoms with E-state index in [0.717, 1.165) is 21.9 Å². The third-order valence-electron chi connectivity index (χ3n) is 12.2. The predicted molar refractivity (Wildman–Crippen MR) is 250 cm³/mol. The molecule has 0 saturated heterocycles. The Balaban J connectivity index is 0.909. The second kappa shape index (κ2) is 13.7. The van der Waals surface area contributed by atoms with E-state index in [2.05, 4.69) is 206 Å². The summed E-state index contributed by atoms with van der Waals surface area (Å²) in [6.45, 7) is 0. The molecule has 276 valence electrons. The summed E-state index contributed by atoms with van der Waals surface area (Å²) in [6.07, 6.45) is 2.35. The Morgan fingerprint density at radius 2 is 1.03 bits per heavy atom. The van der Waals surface area contributed by atoms with Gasteiger partial charge in [-0.1, -0.05) is 176 Å². The zero-order valence-corrected chi connectivity index (χ0v) is 32.9. The van der Waals surface area contributed by atoms with Crippen LogP contribution in [-0.2, 0) is 0 Å². The number of fused-ring (bicyclic) bond motifs is 9. The molecule has 0 saturated carbocycles. The van der Waals surface area contributed by atoms with Crippen molar-refractivity contribution in [3.63, 3.8) is 0 Å². The summed E-state index contributed by atoms with van der Waals surface area (Å²) < 4.78 is 8.96. The lowest BCUT2D eigenvalue weighted by Gasteiger charge is -2.15. The van der Waals surface area contributed by atoms with E-state index in [1.54, 1.807) is 0 Å². The van der Waals surface area contributed by atoms with Gasteiger partial charge in [-0.25, -0.2) is 0 Å². The van der Waals surface area contributed by atoms with Crippen molar-refractivity contribution in [2.24, 2.45) is 0 Å². The van der Waals surface area contributed by atoms with Crippen LogP contribution in [0, 0.1) is 0 Å². The Morgan fingerprint density at radius 3 is 1.92 bits per heavy atom. The summed E-state index contributed by atoms with van der Waals surface area (Å²) in [7, 11) is 0. The van der Waals surface area contributed by atoms with Gasteiger partial charge in [-0.3, -0.25) is 0 Å². The largest absolute Gasteiger partial charge is 0.456 e. The van der Waals surface area contributed by atoms with E-state index in [-0.39, 0.29) is 5.92 Å². The van der Waals surface area contributed by atoms with Crippen molar-refractivity contribution >= 4 is 65.1 Å². The van der Waals surface area contributed by atoms with Gasteiger partial charge in [-0.15, -0.1) is 11.3 Å². The Bertz CT molecular complexity index is 3420. The van der Waals surface area contributed by atoms with Crippen molar-refractivity contribution in [1.82, 2.24) is 0 Å². The molecule has 0 radical (unpaired) electrons. The van der Waals surface area contributed by atoms with E-state index in [1.165, 1.54) is 92.5 Å². The van der Waals surface area contributed by atoms with Crippen LogP contribution in [0.2, 0.25) is 0 Å². The molecule has 0 spiro atoms. The fourth-order valence-corrected chi connectivity index (χ4v) is 10.4. The number of rotatable bonds is 6. The van der Waals surface area contributed by atoms with Gasteiger partial charge in [0.25, 0.3) is 0 Å². The van der Waals surface area contributed by atoms with E-state index in [4.69, 9.17) is 4.42 Å². The van der Waals surface area contributed by atoms with Crippen molar-refractivity contribution in [2.45, 2.75) is 5.92 Å². The second-order valence-corrected chi connectivity index (χ2v) is 16.7. The van der Waals surface area contributed by atoms with Crippen molar-refractivity contribution in [1.29, 1.82) is 0 Å². The molecule has 1 nitrogen and oxygen atoms in total. The molecule has 0 bridgehead atoms. The highest BCUT2D eigenvalue weighted by atomic mass is 32.1. The molecule has 2 aromatic heterocycles. The van der Waals surface area contributed by atoms with Crippen molar-refractivity contribution in [2.75, 3.05) is 0 Å². The number of para-hydroxylation sites is 1. The van der Waals surface area contributed by atoms with E-state index < -0.39 is 0 Å². The quantitative estimate of drug-likeness (QED) is 0.154. The van der Waals surface area contributed by atoms with Crippen LogP contribution in [0.5, 0.6) is 0 Å². The fraction of sp³-hybridized carbons (Fsp3) is 0.0175. The SMILES string of the molecule is C(=C(\c1ccc(-c2ccccc2)cc1)c1ccc2c(c1)sc1ccccc12)/c1ccc(-c2ccc3c(c2)-c2ccccc2C3c2ccc3c(c2)oc2ccccc23)cc1. The highest BCUT2D eigenvalue weighted by Gasteiger charge is 2.30. The van der Waals surface area contributed by atoms with Crippen LogP contribution in [0.3, 0.4) is 0 Å². The third-order valence-corrected chi connectivity index (χ3v) is 13.3. The lowest BCUT2D eigenvalue weighted by atomic mass is 9.88. The first kappa shape index (κ1) is 33.8. The van der Waals surface area contributed by atoms with E-state index in [9.17, 15) is 0 Å². The van der Waals surface area contributed by atoms with Crippen LogP contribution in [0.1, 0.15) is 39.3 Å². The van der Waals surface area contributed by atoms with Crippen LogP contribution in [0.15, 0.2) is 211 Å². The van der Waals surface area contributed by atoms with Gasteiger partial charge in [-0.05, 0) is 109 Å². The van der Waals surface area contributed by atoms with E-state index in [1.807, 2.05) is 17.4 Å². The van der Waals surface area contributed by atoms with Crippen molar-refractivity contribution in [3.05, 3.63) is 240 Å². The molecule has 0 aliphatic heterocycles. The van der Waals surface area contributed by atoms with E-state index in [0.29, 0.717) is 0 Å². The highest BCUT2D eigenvalue weighted by molar-refractivity contribution is 7.25. The van der Waals surface area contributed by atoms with Crippen LogP contribution in [-0.4, -0.2) is 0 Å². The summed E-state index contributed by atoms with van der Waals surface area (Å²) in [5.41, 5.74) is 18.0. The molecule has 2 heterocycles. The van der Waals surface area contributed by atoms with Gasteiger partial charge in [-0.2, -0.15) is 0 Å². The first-order chi connectivity index (χ1) is 29.2. The summed E-state index contributed by atoms with van der Waals surface area (Å²) >= 11 is 1.87. The molecule has 1 aliphatic carbocycles. The van der Waals surface area contributed by atoms with Gasteiger partial charge in [0.05, 0.1) is 0 Å². The monoisotopic (exact) mass is 768 g/mol. The summed E-state index contributed by atoms with van der Waals surface area (Å²) in [4.78, 5) is 0. The third kappa shape index (κ3) is 5.75. The van der Waals surface area contributed by atoms with Gasteiger partial charge >= 0.3 is 0 Å². The summed E-state index contributed by atoms with van der Waals surface area (Å²) in [5, 5.41) is 4.96. The normalized spacial score (nSPS) is 13.7. The van der Waals surface area contributed by atoms with Gasteiger partial charge in [0.15, 0.2) is 0 Å². The van der Waals surface area contributed by atoms with Crippen LogP contribution in [0.25, 0.3) is 87.1 Å². The molecular formula is C57H36OS. The molecule has 9 aromatic carbocycles. The smallest absolute Gasteiger partial charge is 0.135 e. The Morgan fingerprint density at radius 1 is 0.407 bits per heavy atom. The standard InChI is InChI=1S/C57H36OS/c1-2-10-37(11-3-1)38-22-24-40(25-23-38)51(42-27-30-48-47-14-7-9-17-55(47)59-56(48)35-42)32-36-18-20-39(21-19-36)41-26-31-50-52(33-41)44-12-4-5-15-49(44)57(50)43-28-29-46-45-13-6-8-16-53(45)58-54(46)34-43/h1-35,57H/b51-32-. The first-order valence-electron chi connectivity index (χ1n) is 20.3. The number of hydrogen-bond donors (Lipinski definition) is 0. The number of furan rings is 1. The Hall–Kier alpha value is -7.26. The van der Waals surface area contributed by atoms with Gasteiger partial charge in [0, 0.05) is 36.9 Å². The molecule has 1 unspecified atom stereocenters. The first-order valence-corrected chi connectivity index (χ1v) is 21.1. The minimum Gasteiger partial charge on any atom is -0.456 e. The molecule has 0 amide bonds. The van der Waals surface area contributed by atoms with Crippen molar-refractivity contribution < 1.29 is 4.42 Å². The van der Waals surface area contributed by atoms with Gasteiger partial charge < -0.3 is 4.42 Å². The lowest BCUT2D eigenvalue weighted by Crippen LogP contribution is -1.99. The Labute approximate surface area is 346 Å². The molecule has 12 rings (SSSR count). The van der Waals surface area contributed by atoms with E-state index >= 15 is 0 Å². The second-order valence-electron chi connectivity index (χ2n) is 15.6. The lowest BCUT2D eigenvalue weighted by molar-refractivity contribution is 0.668. The van der Waals surface area contributed by atoms with Crippen molar-refractivity contribution in [3.8, 4) is 33.4 Å². The van der Waals surface area contributed by atoms with Crippen LogP contribution < -0.4 is 0 Å². The molecule has 0 N–H and O–H groups in total.